The van der Waals surface area contributed by atoms with E-state index in [0.29, 0.717) is 23.8 Å². The summed E-state index contributed by atoms with van der Waals surface area (Å²) >= 11 is 1.39. The Morgan fingerprint density at radius 1 is 1.35 bits per heavy atom. The Balaban J connectivity index is 2.67. The average molecular weight is 319 g/mol. The van der Waals surface area contributed by atoms with E-state index in [-0.39, 0.29) is 11.6 Å². The van der Waals surface area contributed by atoms with Gasteiger partial charge in [-0.25, -0.2) is 12.8 Å². The van der Waals surface area contributed by atoms with Gasteiger partial charge >= 0.3 is 0 Å². The van der Waals surface area contributed by atoms with Crippen molar-refractivity contribution in [3.63, 3.8) is 0 Å². The SMILES string of the molecule is CC(C)CNCc1c(F)cccc1SCCS(C)(=O)=O. The molecule has 1 aromatic carbocycles. The molecule has 0 saturated heterocycles. The molecule has 0 heterocycles. The molecule has 0 fully saturated rings. The van der Waals surface area contributed by atoms with E-state index in [1.807, 2.05) is 6.07 Å². The van der Waals surface area contributed by atoms with Gasteiger partial charge in [-0.2, -0.15) is 0 Å². The van der Waals surface area contributed by atoms with Gasteiger partial charge < -0.3 is 5.32 Å². The lowest BCUT2D eigenvalue weighted by atomic mass is 10.2. The zero-order valence-corrected chi connectivity index (χ0v) is 13.8. The molecule has 0 aliphatic rings. The molecule has 3 nitrogen and oxygen atoms in total. The van der Waals surface area contributed by atoms with E-state index >= 15 is 0 Å². The number of halogens is 1. The fourth-order valence-electron chi connectivity index (χ4n) is 1.63. The Bertz CT molecular complexity index is 530. The molecule has 0 spiro atoms. The number of thioether (sulfide) groups is 1. The predicted molar refractivity (Wildman–Crippen MR) is 83.4 cm³/mol. The van der Waals surface area contributed by atoms with Crippen molar-refractivity contribution in [1.29, 1.82) is 0 Å². The maximum atomic E-state index is 13.9. The standard InChI is InChI=1S/C14H22FNO2S2/c1-11(2)9-16-10-12-13(15)5-4-6-14(12)19-7-8-20(3,17)18/h4-6,11,16H,7-10H2,1-3H3. The first-order chi connectivity index (χ1) is 9.29. The second-order valence-electron chi connectivity index (χ2n) is 5.22. The Hall–Kier alpha value is -0.590. The average Bonchev–Trinajstić information content (AvgIpc) is 2.30. The molecule has 0 saturated carbocycles. The van der Waals surface area contributed by atoms with Crippen LogP contribution in [0.3, 0.4) is 0 Å². The first-order valence-corrected chi connectivity index (χ1v) is 9.63. The predicted octanol–water partition coefficient (Wildman–Crippen LogP) is 2.71. The summed E-state index contributed by atoms with van der Waals surface area (Å²) in [6.07, 6.45) is 1.21. The third kappa shape index (κ3) is 6.72. The molecule has 0 unspecified atom stereocenters. The molecule has 1 aromatic rings. The first-order valence-electron chi connectivity index (χ1n) is 6.58. The highest BCUT2D eigenvalue weighted by molar-refractivity contribution is 8.00. The molecule has 6 heteroatoms. The van der Waals surface area contributed by atoms with Gasteiger partial charge in [-0.1, -0.05) is 19.9 Å². The van der Waals surface area contributed by atoms with Crippen LogP contribution < -0.4 is 5.32 Å². The number of sulfone groups is 1. The Kier molecular flexibility index (Phi) is 6.99. The van der Waals surface area contributed by atoms with Gasteiger partial charge in [-0.15, -0.1) is 11.8 Å². The highest BCUT2D eigenvalue weighted by Gasteiger charge is 2.10. The van der Waals surface area contributed by atoms with Crippen molar-refractivity contribution < 1.29 is 12.8 Å². The highest BCUT2D eigenvalue weighted by atomic mass is 32.2. The number of hydrogen-bond acceptors (Lipinski definition) is 4. The van der Waals surface area contributed by atoms with Crippen LogP contribution in [0, 0.1) is 11.7 Å². The Morgan fingerprint density at radius 3 is 2.65 bits per heavy atom. The van der Waals surface area contributed by atoms with E-state index in [2.05, 4.69) is 19.2 Å². The minimum absolute atomic E-state index is 0.104. The summed E-state index contributed by atoms with van der Waals surface area (Å²) in [5, 5.41) is 3.22. The van der Waals surface area contributed by atoms with Crippen LogP contribution in [0.4, 0.5) is 4.39 Å². The monoisotopic (exact) mass is 319 g/mol. The smallest absolute Gasteiger partial charge is 0.148 e. The normalized spacial score (nSPS) is 12.1. The Morgan fingerprint density at radius 2 is 2.05 bits per heavy atom. The summed E-state index contributed by atoms with van der Waals surface area (Å²) in [6, 6.07) is 4.93. The summed E-state index contributed by atoms with van der Waals surface area (Å²) in [7, 11) is -2.98. The van der Waals surface area contributed by atoms with Crippen LogP contribution in [-0.2, 0) is 16.4 Å². The molecular weight excluding hydrogens is 297 g/mol. The molecule has 0 aliphatic carbocycles. The zero-order chi connectivity index (χ0) is 15.2. The number of hydrogen-bond donors (Lipinski definition) is 1. The molecule has 1 N–H and O–H groups in total. The second kappa shape index (κ2) is 8.00. The molecule has 114 valence electrons. The van der Waals surface area contributed by atoms with Crippen molar-refractivity contribution in [2.75, 3.05) is 24.3 Å². The van der Waals surface area contributed by atoms with Gasteiger partial charge in [0.25, 0.3) is 0 Å². The van der Waals surface area contributed by atoms with Gasteiger partial charge in [0.05, 0.1) is 5.75 Å². The maximum Gasteiger partial charge on any atom is 0.148 e. The largest absolute Gasteiger partial charge is 0.312 e. The Labute approximate surface area is 125 Å². The highest BCUT2D eigenvalue weighted by Crippen LogP contribution is 2.25. The van der Waals surface area contributed by atoms with Crippen LogP contribution in [-0.4, -0.2) is 32.7 Å². The summed E-state index contributed by atoms with van der Waals surface area (Å²) in [5.74, 6) is 0.806. The summed E-state index contributed by atoms with van der Waals surface area (Å²) in [6.45, 7) is 5.47. The van der Waals surface area contributed by atoms with Gasteiger partial charge in [0.15, 0.2) is 0 Å². The molecular formula is C14H22FNO2S2. The van der Waals surface area contributed by atoms with E-state index in [9.17, 15) is 12.8 Å². The van der Waals surface area contributed by atoms with Crippen LogP contribution in [0.15, 0.2) is 23.1 Å². The fourth-order valence-corrected chi connectivity index (χ4v) is 3.92. The third-order valence-electron chi connectivity index (χ3n) is 2.64. The molecule has 20 heavy (non-hydrogen) atoms. The lowest BCUT2D eigenvalue weighted by Gasteiger charge is -2.12. The van der Waals surface area contributed by atoms with E-state index in [1.165, 1.54) is 24.1 Å². The number of benzene rings is 1. The number of rotatable bonds is 8. The van der Waals surface area contributed by atoms with E-state index in [4.69, 9.17) is 0 Å². The molecule has 0 amide bonds. The van der Waals surface area contributed by atoms with Gasteiger partial charge in [-0.3, -0.25) is 0 Å². The quantitative estimate of drug-likeness (QED) is 0.748. The van der Waals surface area contributed by atoms with Crippen molar-refractivity contribution in [2.24, 2.45) is 5.92 Å². The minimum Gasteiger partial charge on any atom is -0.312 e. The summed E-state index contributed by atoms with van der Waals surface area (Å²) < 4.78 is 36.1. The van der Waals surface area contributed by atoms with Gasteiger partial charge in [0.1, 0.15) is 15.7 Å². The lowest BCUT2D eigenvalue weighted by molar-refractivity contribution is 0.530. The number of nitrogens with one attached hydrogen (secondary N) is 1. The second-order valence-corrected chi connectivity index (χ2v) is 8.62. The van der Waals surface area contributed by atoms with Crippen LogP contribution >= 0.6 is 11.8 Å². The van der Waals surface area contributed by atoms with Crippen LogP contribution in [0.25, 0.3) is 0 Å². The summed E-state index contributed by atoms with van der Waals surface area (Å²) in [5.41, 5.74) is 0.617. The van der Waals surface area contributed by atoms with Gasteiger partial charge in [-0.05, 0) is 24.6 Å². The molecule has 0 atom stereocenters. The molecule has 0 aliphatic heterocycles. The topological polar surface area (TPSA) is 46.2 Å². The molecule has 0 bridgehead atoms. The van der Waals surface area contributed by atoms with Crippen molar-refractivity contribution in [1.82, 2.24) is 5.32 Å². The first kappa shape index (κ1) is 17.5. The molecule has 1 rings (SSSR count). The fraction of sp³-hybridized carbons (Fsp3) is 0.571. The van der Waals surface area contributed by atoms with Crippen LogP contribution in [0.5, 0.6) is 0 Å². The van der Waals surface area contributed by atoms with Crippen molar-refractivity contribution >= 4 is 21.6 Å². The molecule has 0 radical (unpaired) electrons. The van der Waals surface area contributed by atoms with Crippen molar-refractivity contribution in [3.8, 4) is 0 Å². The van der Waals surface area contributed by atoms with Crippen molar-refractivity contribution in [3.05, 3.63) is 29.6 Å². The summed E-state index contributed by atoms with van der Waals surface area (Å²) in [4.78, 5) is 0.810. The van der Waals surface area contributed by atoms with Gasteiger partial charge in [0.2, 0.25) is 0 Å². The lowest BCUT2D eigenvalue weighted by Crippen LogP contribution is -2.20. The van der Waals surface area contributed by atoms with E-state index < -0.39 is 9.84 Å². The van der Waals surface area contributed by atoms with E-state index in [0.717, 1.165) is 11.4 Å². The van der Waals surface area contributed by atoms with Gasteiger partial charge in [0, 0.05) is 29.0 Å². The zero-order valence-electron chi connectivity index (χ0n) is 12.1. The minimum atomic E-state index is -2.98. The van der Waals surface area contributed by atoms with Crippen LogP contribution in [0.1, 0.15) is 19.4 Å². The van der Waals surface area contributed by atoms with E-state index in [1.54, 1.807) is 6.07 Å². The third-order valence-corrected chi connectivity index (χ3v) is 4.95. The van der Waals surface area contributed by atoms with Crippen molar-refractivity contribution in [2.45, 2.75) is 25.3 Å². The maximum absolute atomic E-state index is 13.9. The van der Waals surface area contributed by atoms with Crippen LogP contribution in [0.2, 0.25) is 0 Å². The molecule has 0 aromatic heterocycles.